The summed E-state index contributed by atoms with van der Waals surface area (Å²) in [5.74, 6) is -0.242. The molecule has 134 valence electrons. The van der Waals surface area contributed by atoms with Crippen LogP contribution in [0.1, 0.15) is 35.4 Å². The normalized spacial score (nSPS) is 22.8. The van der Waals surface area contributed by atoms with Crippen LogP contribution in [0.5, 0.6) is 0 Å². The fraction of sp³-hybridized carbons (Fsp3) is 0.455. The number of benzene rings is 2. The van der Waals surface area contributed by atoms with Crippen LogP contribution in [0.4, 0.5) is 8.78 Å². The van der Waals surface area contributed by atoms with E-state index in [1.165, 1.54) is 11.1 Å². The van der Waals surface area contributed by atoms with Crippen molar-refractivity contribution in [3.63, 3.8) is 0 Å². The number of halogens is 2. The summed E-state index contributed by atoms with van der Waals surface area (Å²) in [4.78, 5) is 2.37. The van der Waals surface area contributed by atoms with E-state index in [9.17, 15) is 8.78 Å². The van der Waals surface area contributed by atoms with Gasteiger partial charge in [0.1, 0.15) is 12.3 Å². The van der Waals surface area contributed by atoms with Gasteiger partial charge in [-0.25, -0.2) is 8.78 Å². The Labute approximate surface area is 149 Å². The van der Waals surface area contributed by atoms with Gasteiger partial charge in [-0.1, -0.05) is 54.6 Å². The van der Waals surface area contributed by atoms with Gasteiger partial charge in [0.15, 0.2) is 0 Å². The van der Waals surface area contributed by atoms with Gasteiger partial charge < -0.3 is 4.90 Å². The first-order valence-electron chi connectivity index (χ1n) is 9.23. The molecule has 1 aliphatic rings. The summed E-state index contributed by atoms with van der Waals surface area (Å²) in [5, 5.41) is 0. The largest absolute Gasteiger partial charge is 0.306 e. The monoisotopic (exact) mass is 343 g/mol. The molecule has 1 saturated carbocycles. The molecule has 1 aliphatic carbocycles. The van der Waals surface area contributed by atoms with Crippen LogP contribution in [0.25, 0.3) is 0 Å². The zero-order valence-electron chi connectivity index (χ0n) is 14.9. The number of hydrogen-bond acceptors (Lipinski definition) is 1. The molecule has 0 aliphatic heterocycles. The molecule has 1 nitrogen and oxygen atoms in total. The summed E-state index contributed by atoms with van der Waals surface area (Å²) < 4.78 is 26.4. The highest BCUT2D eigenvalue weighted by Crippen LogP contribution is 2.41. The van der Waals surface area contributed by atoms with Gasteiger partial charge in [-0.15, -0.1) is 0 Å². The van der Waals surface area contributed by atoms with Gasteiger partial charge in [0.25, 0.3) is 0 Å². The van der Waals surface area contributed by atoms with E-state index in [-0.39, 0.29) is 5.92 Å². The van der Waals surface area contributed by atoms with Crippen LogP contribution in [-0.2, 0) is 12.8 Å². The Morgan fingerprint density at radius 1 is 0.880 bits per heavy atom. The SMILES string of the molecule is CN(CCCc1ccc(C2CC(F)C2F)cc1)CCc1ccccc1. The Bertz CT molecular complexity index is 641. The van der Waals surface area contributed by atoms with Gasteiger partial charge in [0.05, 0.1) is 0 Å². The highest BCUT2D eigenvalue weighted by atomic mass is 19.2. The van der Waals surface area contributed by atoms with Crippen molar-refractivity contribution in [2.75, 3.05) is 20.1 Å². The number of hydrogen-bond donors (Lipinski definition) is 0. The molecule has 0 amide bonds. The molecule has 2 aromatic rings. The molecule has 0 spiro atoms. The second-order valence-corrected chi connectivity index (χ2v) is 7.19. The van der Waals surface area contributed by atoms with Gasteiger partial charge in [-0.2, -0.15) is 0 Å². The first-order chi connectivity index (χ1) is 12.1. The lowest BCUT2D eigenvalue weighted by Gasteiger charge is -2.34. The molecule has 3 rings (SSSR count). The second-order valence-electron chi connectivity index (χ2n) is 7.19. The fourth-order valence-electron chi connectivity index (χ4n) is 3.44. The van der Waals surface area contributed by atoms with Crippen LogP contribution >= 0.6 is 0 Å². The summed E-state index contributed by atoms with van der Waals surface area (Å²) in [7, 11) is 2.16. The van der Waals surface area contributed by atoms with Crippen molar-refractivity contribution in [2.24, 2.45) is 0 Å². The molecular weight excluding hydrogens is 316 g/mol. The summed E-state index contributed by atoms with van der Waals surface area (Å²) in [6.45, 7) is 2.13. The highest BCUT2D eigenvalue weighted by molar-refractivity contribution is 5.29. The molecule has 0 heterocycles. The van der Waals surface area contributed by atoms with Gasteiger partial charge in [-0.05, 0) is 56.0 Å². The minimum atomic E-state index is -1.32. The van der Waals surface area contributed by atoms with Crippen LogP contribution in [0.3, 0.4) is 0 Å². The number of likely N-dealkylation sites (N-methyl/N-ethyl adjacent to an activating group) is 1. The van der Waals surface area contributed by atoms with Gasteiger partial charge in [0, 0.05) is 12.5 Å². The van der Waals surface area contributed by atoms with Crippen molar-refractivity contribution in [3.05, 3.63) is 71.3 Å². The molecule has 0 N–H and O–H groups in total. The second kappa shape index (κ2) is 8.57. The van der Waals surface area contributed by atoms with Crippen molar-refractivity contribution in [1.82, 2.24) is 4.90 Å². The average Bonchev–Trinajstić information content (AvgIpc) is 2.65. The molecule has 0 aromatic heterocycles. The quantitative estimate of drug-likeness (QED) is 0.655. The van der Waals surface area contributed by atoms with Gasteiger partial charge >= 0.3 is 0 Å². The Balaban J connectivity index is 1.37. The van der Waals surface area contributed by atoms with E-state index in [0.717, 1.165) is 37.9 Å². The first-order valence-corrected chi connectivity index (χ1v) is 9.23. The molecule has 0 saturated heterocycles. The highest BCUT2D eigenvalue weighted by Gasteiger charge is 2.42. The van der Waals surface area contributed by atoms with Gasteiger partial charge in [-0.3, -0.25) is 0 Å². The molecule has 0 radical (unpaired) electrons. The number of alkyl halides is 2. The Morgan fingerprint density at radius 2 is 1.56 bits per heavy atom. The maximum atomic E-state index is 13.5. The van der Waals surface area contributed by atoms with E-state index < -0.39 is 12.3 Å². The lowest BCUT2D eigenvalue weighted by atomic mass is 9.76. The third-order valence-corrected chi connectivity index (χ3v) is 5.25. The van der Waals surface area contributed by atoms with E-state index in [1.54, 1.807) is 0 Å². The molecule has 2 aromatic carbocycles. The molecular formula is C22H27F2N. The minimum absolute atomic E-state index is 0.242. The van der Waals surface area contributed by atoms with E-state index in [1.807, 2.05) is 18.2 Å². The molecule has 3 atom stereocenters. The van der Waals surface area contributed by atoms with Crippen LogP contribution in [-0.4, -0.2) is 37.4 Å². The van der Waals surface area contributed by atoms with E-state index in [4.69, 9.17) is 0 Å². The Morgan fingerprint density at radius 3 is 2.20 bits per heavy atom. The van der Waals surface area contributed by atoms with Crippen LogP contribution in [0.15, 0.2) is 54.6 Å². The molecule has 3 unspecified atom stereocenters. The minimum Gasteiger partial charge on any atom is -0.306 e. The zero-order chi connectivity index (χ0) is 17.6. The van der Waals surface area contributed by atoms with Crippen molar-refractivity contribution >= 4 is 0 Å². The van der Waals surface area contributed by atoms with Crippen LogP contribution in [0.2, 0.25) is 0 Å². The van der Waals surface area contributed by atoms with Crippen molar-refractivity contribution in [3.8, 4) is 0 Å². The summed E-state index contributed by atoms with van der Waals surface area (Å²) in [6.07, 6.45) is 0.943. The molecule has 3 heteroatoms. The van der Waals surface area contributed by atoms with Crippen LogP contribution in [0, 0.1) is 0 Å². The van der Waals surface area contributed by atoms with Gasteiger partial charge in [0.2, 0.25) is 0 Å². The van der Waals surface area contributed by atoms with Crippen molar-refractivity contribution in [1.29, 1.82) is 0 Å². The topological polar surface area (TPSA) is 3.24 Å². The standard InChI is InChI=1S/C22H27F2N/c1-25(15-13-17-6-3-2-4-7-17)14-5-8-18-9-11-19(12-10-18)20-16-21(23)22(20)24/h2-4,6-7,9-12,20-22H,5,8,13-16H2,1H3. The third kappa shape index (κ3) is 4.88. The molecule has 0 bridgehead atoms. The number of rotatable bonds is 8. The average molecular weight is 343 g/mol. The predicted octanol–water partition coefficient (Wildman–Crippen LogP) is 4.96. The fourth-order valence-corrected chi connectivity index (χ4v) is 3.44. The third-order valence-electron chi connectivity index (χ3n) is 5.25. The Kier molecular flexibility index (Phi) is 6.19. The summed E-state index contributed by atoms with van der Waals surface area (Å²) >= 11 is 0. The Hall–Kier alpha value is -1.74. The van der Waals surface area contributed by atoms with E-state index in [2.05, 4.69) is 48.3 Å². The predicted molar refractivity (Wildman–Crippen MR) is 99.6 cm³/mol. The molecule has 1 fully saturated rings. The van der Waals surface area contributed by atoms with E-state index in [0.29, 0.717) is 6.42 Å². The van der Waals surface area contributed by atoms with Crippen LogP contribution < -0.4 is 0 Å². The smallest absolute Gasteiger partial charge is 0.138 e. The summed E-state index contributed by atoms with van der Waals surface area (Å²) in [5.41, 5.74) is 3.58. The first kappa shape index (κ1) is 18.1. The van der Waals surface area contributed by atoms with E-state index >= 15 is 0 Å². The van der Waals surface area contributed by atoms with Crippen molar-refractivity contribution in [2.45, 2.75) is 43.9 Å². The maximum absolute atomic E-state index is 13.5. The number of nitrogens with zero attached hydrogens (tertiary/aromatic N) is 1. The summed E-state index contributed by atoms with van der Waals surface area (Å²) in [6, 6.07) is 18.6. The maximum Gasteiger partial charge on any atom is 0.138 e. The van der Waals surface area contributed by atoms with Crippen molar-refractivity contribution < 1.29 is 8.78 Å². The lowest BCUT2D eigenvalue weighted by molar-refractivity contribution is 0.0428. The lowest BCUT2D eigenvalue weighted by Crippen LogP contribution is -2.38. The number of aryl methyl sites for hydroxylation is 1. The zero-order valence-corrected chi connectivity index (χ0v) is 14.9. The molecule has 25 heavy (non-hydrogen) atoms.